The molecule has 0 bridgehead atoms. The monoisotopic (exact) mass is 228 g/mol. The molecule has 2 heteroatoms. The van der Waals surface area contributed by atoms with Crippen molar-refractivity contribution in [2.75, 3.05) is 11.5 Å². The Bertz CT molecular complexity index is 192. The molecule has 0 unspecified atom stereocenters. The number of thioether (sulfide) groups is 2. The van der Waals surface area contributed by atoms with Crippen molar-refractivity contribution in [1.82, 2.24) is 0 Å². The first-order valence-corrected chi connectivity index (χ1v) is 8.21. The van der Waals surface area contributed by atoms with E-state index in [2.05, 4.69) is 23.5 Å². The summed E-state index contributed by atoms with van der Waals surface area (Å²) in [6.45, 7) is 0. The largest absolute Gasteiger partial charge is 0.157 e. The summed E-state index contributed by atoms with van der Waals surface area (Å²) >= 11 is 4.66. The van der Waals surface area contributed by atoms with E-state index < -0.39 is 0 Å². The van der Waals surface area contributed by atoms with Crippen LogP contribution in [-0.2, 0) is 0 Å². The van der Waals surface area contributed by atoms with Crippen molar-refractivity contribution in [3.63, 3.8) is 0 Å². The molecule has 3 fully saturated rings. The molecule has 2 saturated carbocycles. The van der Waals surface area contributed by atoms with Gasteiger partial charge in [0.1, 0.15) is 0 Å². The van der Waals surface area contributed by atoms with Gasteiger partial charge in [0.25, 0.3) is 0 Å². The van der Waals surface area contributed by atoms with Crippen LogP contribution < -0.4 is 0 Å². The van der Waals surface area contributed by atoms with Crippen LogP contribution in [0.25, 0.3) is 0 Å². The minimum atomic E-state index is 0.798. The maximum absolute atomic E-state index is 2.33. The Morgan fingerprint density at radius 1 is 0.786 bits per heavy atom. The number of rotatable bonds is 0. The second kappa shape index (κ2) is 3.93. The molecule has 0 aromatic rings. The highest BCUT2D eigenvalue weighted by atomic mass is 32.2. The van der Waals surface area contributed by atoms with Gasteiger partial charge in [-0.2, -0.15) is 23.5 Å². The van der Waals surface area contributed by atoms with E-state index >= 15 is 0 Å². The summed E-state index contributed by atoms with van der Waals surface area (Å²) in [5.74, 6) is 2.97. The molecule has 2 atom stereocenters. The van der Waals surface area contributed by atoms with Crippen LogP contribution in [0.1, 0.15) is 44.9 Å². The van der Waals surface area contributed by atoms with Crippen LogP contribution >= 0.6 is 23.5 Å². The lowest BCUT2D eigenvalue weighted by molar-refractivity contribution is 0.205. The normalized spacial score (nSPS) is 41.1. The fraction of sp³-hybridized carbons (Fsp3) is 1.00. The fourth-order valence-electron chi connectivity index (χ4n) is 3.02. The summed E-state index contributed by atoms with van der Waals surface area (Å²) in [7, 11) is 0. The van der Waals surface area contributed by atoms with Gasteiger partial charge in [-0.3, -0.25) is 0 Å². The van der Waals surface area contributed by atoms with Gasteiger partial charge < -0.3 is 0 Å². The van der Waals surface area contributed by atoms with Gasteiger partial charge in [-0.1, -0.05) is 19.3 Å². The molecule has 3 rings (SSSR count). The molecule has 80 valence electrons. The molecule has 0 aromatic heterocycles. The van der Waals surface area contributed by atoms with E-state index in [1.165, 1.54) is 56.5 Å². The average Bonchev–Trinajstić information content (AvgIpc) is 2.36. The van der Waals surface area contributed by atoms with Gasteiger partial charge in [0.2, 0.25) is 0 Å². The maximum Gasteiger partial charge on any atom is 0.0166 e. The Balaban J connectivity index is 1.67. The molecule has 14 heavy (non-hydrogen) atoms. The Kier molecular flexibility index (Phi) is 2.78. The van der Waals surface area contributed by atoms with E-state index in [-0.39, 0.29) is 0 Å². The van der Waals surface area contributed by atoms with E-state index in [1.54, 1.807) is 0 Å². The molecule has 1 spiro atoms. The fourth-order valence-corrected chi connectivity index (χ4v) is 6.90. The molecule has 2 aliphatic carbocycles. The summed E-state index contributed by atoms with van der Waals surface area (Å²) in [6, 6.07) is 0. The second-order valence-corrected chi connectivity index (χ2v) is 7.79. The molecule has 0 amide bonds. The van der Waals surface area contributed by atoms with E-state index in [4.69, 9.17) is 0 Å². The lowest BCUT2D eigenvalue weighted by atomic mass is 9.72. The van der Waals surface area contributed by atoms with Crippen molar-refractivity contribution in [2.45, 2.75) is 55.4 Å². The number of fused-ring (bicyclic) bond motifs is 1. The van der Waals surface area contributed by atoms with Gasteiger partial charge in [-0.05, 0) is 31.1 Å². The van der Waals surface area contributed by atoms with Crippen molar-refractivity contribution < 1.29 is 0 Å². The SMILES string of the molecule is C1CC[C@H]2SCC3(CCC3)CS[C@H]2C1. The molecule has 1 saturated heterocycles. The molecule has 0 nitrogen and oxygen atoms in total. The number of hydrogen-bond acceptors (Lipinski definition) is 2. The Hall–Kier alpha value is 0.700. The van der Waals surface area contributed by atoms with Gasteiger partial charge in [0.05, 0.1) is 0 Å². The van der Waals surface area contributed by atoms with Crippen LogP contribution in [0, 0.1) is 5.41 Å². The lowest BCUT2D eigenvalue weighted by Crippen LogP contribution is -2.34. The maximum atomic E-state index is 2.33. The smallest absolute Gasteiger partial charge is 0.0166 e. The van der Waals surface area contributed by atoms with Crippen molar-refractivity contribution in [3.05, 3.63) is 0 Å². The van der Waals surface area contributed by atoms with Gasteiger partial charge in [0, 0.05) is 22.0 Å². The molecule has 0 N–H and O–H groups in total. The minimum Gasteiger partial charge on any atom is -0.157 e. The van der Waals surface area contributed by atoms with Gasteiger partial charge in [-0.15, -0.1) is 0 Å². The van der Waals surface area contributed by atoms with Crippen LogP contribution in [0.4, 0.5) is 0 Å². The van der Waals surface area contributed by atoms with Crippen LogP contribution in [-0.4, -0.2) is 22.0 Å². The molecule has 0 radical (unpaired) electrons. The molecule has 1 heterocycles. The molecular formula is C12H20S2. The van der Waals surface area contributed by atoms with Crippen molar-refractivity contribution in [2.24, 2.45) is 5.41 Å². The van der Waals surface area contributed by atoms with Crippen LogP contribution in [0.3, 0.4) is 0 Å². The van der Waals surface area contributed by atoms with Gasteiger partial charge in [0.15, 0.2) is 0 Å². The molecule has 0 aromatic carbocycles. The third-order valence-corrected chi connectivity index (χ3v) is 7.98. The Labute approximate surface area is 96.0 Å². The lowest BCUT2D eigenvalue weighted by Gasteiger charge is -2.40. The highest BCUT2D eigenvalue weighted by molar-refractivity contribution is 8.04. The first-order valence-electron chi connectivity index (χ1n) is 6.11. The average molecular weight is 228 g/mol. The molecule has 3 aliphatic rings. The van der Waals surface area contributed by atoms with Crippen LogP contribution in [0.15, 0.2) is 0 Å². The van der Waals surface area contributed by atoms with E-state index in [9.17, 15) is 0 Å². The highest BCUT2D eigenvalue weighted by Gasteiger charge is 2.42. The topological polar surface area (TPSA) is 0 Å². The van der Waals surface area contributed by atoms with Crippen LogP contribution in [0.2, 0.25) is 0 Å². The van der Waals surface area contributed by atoms with Crippen molar-refractivity contribution in [3.8, 4) is 0 Å². The third-order valence-electron chi connectivity index (χ3n) is 4.26. The summed E-state index contributed by atoms with van der Waals surface area (Å²) in [5.41, 5.74) is 0.798. The van der Waals surface area contributed by atoms with E-state index in [1.807, 2.05) is 0 Å². The number of hydrogen-bond donors (Lipinski definition) is 0. The van der Waals surface area contributed by atoms with E-state index in [0.717, 1.165) is 15.9 Å². The summed E-state index contributed by atoms with van der Waals surface area (Å²) in [4.78, 5) is 0. The first kappa shape index (κ1) is 9.89. The molecular weight excluding hydrogens is 208 g/mol. The summed E-state index contributed by atoms with van der Waals surface area (Å²) in [5, 5.41) is 2.04. The van der Waals surface area contributed by atoms with Crippen LogP contribution in [0.5, 0.6) is 0 Å². The summed E-state index contributed by atoms with van der Waals surface area (Å²) < 4.78 is 0. The van der Waals surface area contributed by atoms with Crippen molar-refractivity contribution in [1.29, 1.82) is 0 Å². The van der Waals surface area contributed by atoms with Gasteiger partial charge >= 0.3 is 0 Å². The molecule has 1 aliphatic heterocycles. The predicted octanol–water partition coefficient (Wildman–Crippen LogP) is 3.95. The first-order chi connectivity index (χ1) is 6.88. The quantitative estimate of drug-likeness (QED) is 0.616. The standard InChI is InChI=1S/C12H20S2/c1-2-5-11-10(4-1)13-8-12(9-14-11)6-3-7-12/h10-11H,1-9H2/t10-,11+. The van der Waals surface area contributed by atoms with E-state index in [0.29, 0.717) is 0 Å². The predicted molar refractivity (Wildman–Crippen MR) is 67.2 cm³/mol. The van der Waals surface area contributed by atoms with Gasteiger partial charge in [-0.25, -0.2) is 0 Å². The Morgan fingerprint density at radius 3 is 1.79 bits per heavy atom. The minimum absolute atomic E-state index is 0.798. The Morgan fingerprint density at radius 2 is 1.36 bits per heavy atom. The zero-order valence-corrected chi connectivity index (χ0v) is 10.5. The van der Waals surface area contributed by atoms with Crippen molar-refractivity contribution >= 4 is 23.5 Å². The highest BCUT2D eigenvalue weighted by Crippen LogP contribution is 2.52. The zero-order valence-electron chi connectivity index (χ0n) is 8.84. The zero-order chi connectivity index (χ0) is 9.43. The third kappa shape index (κ3) is 1.73. The summed E-state index contributed by atoms with van der Waals surface area (Å²) in [6.07, 6.45) is 10.6. The second-order valence-electron chi connectivity index (χ2n) is 5.34.